The number of quaternary nitrogens is 2. The van der Waals surface area contributed by atoms with Crippen LogP contribution in [0.5, 0.6) is 17.2 Å². The number of fused-ring (bicyclic) bond motifs is 1. The average Bonchev–Trinajstić information content (AvgIpc) is 3.04. The molecule has 1 aromatic rings. The van der Waals surface area contributed by atoms with Gasteiger partial charge in [0.15, 0.2) is 18.2 Å². The number of rotatable bonds is 7. The van der Waals surface area contributed by atoms with Crippen molar-refractivity contribution in [1.29, 1.82) is 0 Å². The zero-order valence-electron chi connectivity index (χ0n) is 18.6. The minimum absolute atomic E-state index is 0.0247. The number of nitrogens with one attached hydrogen (secondary N) is 2. The van der Waals surface area contributed by atoms with Crippen LogP contribution in [0.1, 0.15) is 18.4 Å². The first-order valence-electron chi connectivity index (χ1n) is 11.0. The molecule has 8 heteroatoms. The molecule has 1 aromatic carbocycles. The van der Waals surface area contributed by atoms with E-state index in [0.29, 0.717) is 36.8 Å². The predicted molar refractivity (Wildman–Crippen MR) is 113 cm³/mol. The summed E-state index contributed by atoms with van der Waals surface area (Å²) in [6.07, 6.45) is 5.47. The van der Waals surface area contributed by atoms with Gasteiger partial charge in [0.1, 0.15) is 32.7 Å². The van der Waals surface area contributed by atoms with Gasteiger partial charge in [-0.2, -0.15) is 0 Å². The highest BCUT2D eigenvalue weighted by atomic mass is 16.5. The quantitative estimate of drug-likeness (QED) is 0.424. The Hall–Kier alpha value is -2.58. The second-order valence-corrected chi connectivity index (χ2v) is 8.59. The van der Waals surface area contributed by atoms with E-state index in [2.05, 4.69) is 0 Å². The van der Waals surface area contributed by atoms with Crippen molar-refractivity contribution >= 4 is 11.8 Å². The molecular weight excluding hydrogens is 398 g/mol. The van der Waals surface area contributed by atoms with Crippen LogP contribution < -0.4 is 24.0 Å². The van der Waals surface area contributed by atoms with Gasteiger partial charge < -0.3 is 24.0 Å². The Labute approximate surface area is 183 Å². The second-order valence-electron chi connectivity index (χ2n) is 8.59. The maximum atomic E-state index is 12.7. The number of amides is 2. The molecule has 1 aliphatic carbocycles. The fourth-order valence-electron chi connectivity index (χ4n) is 5.11. The van der Waals surface area contributed by atoms with E-state index < -0.39 is 0 Å². The van der Waals surface area contributed by atoms with E-state index in [9.17, 15) is 9.59 Å². The van der Waals surface area contributed by atoms with Gasteiger partial charge >= 0.3 is 0 Å². The van der Waals surface area contributed by atoms with E-state index in [-0.39, 0.29) is 23.7 Å². The summed E-state index contributed by atoms with van der Waals surface area (Å²) in [4.78, 5) is 29.7. The number of carbonyl (C=O) groups excluding carboxylic acids is 2. The summed E-state index contributed by atoms with van der Waals surface area (Å²) < 4.78 is 16.5. The summed E-state index contributed by atoms with van der Waals surface area (Å²) >= 11 is 0. The van der Waals surface area contributed by atoms with E-state index in [1.807, 2.05) is 24.3 Å². The van der Waals surface area contributed by atoms with Gasteiger partial charge in [-0.3, -0.25) is 9.59 Å². The van der Waals surface area contributed by atoms with E-state index >= 15 is 0 Å². The molecule has 8 nitrogen and oxygen atoms in total. The van der Waals surface area contributed by atoms with Gasteiger partial charge in [-0.1, -0.05) is 12.2 Å². The van der Waals surface area contributed by atoms with E-state index in [0.717, 1.165) is 38.3 Å². The SMILES string of the molecule is COc1ccc(C[NH+]2CC[NH+](CN3C(=O)[C@H]4CC=CC[C@H]4C3=O)CC2)c(OC)c1OC. The molecule has 2 heterocycles. The Morgan fingerprint density at radius 2 is 1.42 bits per heavy atom. The van der Waals surface area contributed by atoms with Gasteiger partial charge in [0.2, 0.25) is 17.6 Å². The number of methoxy groups -OCH3 is 3. The molecule has 2 saturated heterocycles. The lowest BCUT2D eigenvalue weighted by Crippen LogP contribution is -3.28. The zero-order chi connectivity index (χ0) is 22.0. The van der Waals surface area contributed by atoms with Crippen LogP contribution in [-0.4, -0.2) is 70.9 Å². The summed E-state index contributed by atoms with van der Waals surface area (Å²) in [6.45, 7) is 5.12. The molecule has 0 aromatic heterocycles. The monoisotopic (exact) mass is 431 g/mol. The van der Waals surface area contributed by atoms with Crippen molar-refractivity contribution in [1.82, 2.24) is 4.90 Å². The Balaban J connectivity index is 1.35. The summed E-state index contributed by atoms with van der Waals surface area (Å²) in [7, 11) is 4.88. The molecule has 0 spiro atoms. The van der Waals surface area contributed by atoms with Crippen LogP contribution >= 0.6 is 0 Å². The Morgan fingerprint density at radius 3 is 1.97 bits per heavy atom. The molecule has 2 amide bonds. The molecule has 31 heavy (non-hydrogen) atoms. The van der Waals surface area contributed by atoms with Gasteiger partial charge in [0.25, 0.3) is 0 Å². The molecule has 0 bridgehead atoms. The normalized spacial score (nSPS) is 27.9. The van der Waals surface area contributed by atoms with Crippen molar-refractivity contribution in [2.24, 2.45) is 11.8 Å². The number of imide groups is 1. The van der Waals surface area contributed by atoms with Gasteiger partial charge in [-0.15, -0.1) is 0 Å². The molecule has 2 fully saturated rings. The number of hydrogen-bond donors (Lipinski definition) is 2. The predicted octanol–water partition coefficient (Wildman–Crippen LogP) is -1.10. The summed E-state index contributed by atoms with van der Waals surface area (Å²) in [6, 6.07) is 3.94. The van der Waals surface area contributed by atoms with Crippen molar-refractivity contribution < 1.29 is 33.6 Å². The van der Waals surface area contributed by atoms with Crippen molar-refractivity contribution in [3.05, 3.63) is 29.8 Å². The molecule has 3 aliphatic rings. The smallest absolute Gasteiger partial charge is 0.237 e. The molecule has 2 atom stereocenters. The molecule has 0 radical (unpaired) electrons. The summed E-state index contributed by atoms with van der Waals surface area (Å²) in [5.41, 5.74) is 1.08. The fraction of sp³-hybridized carbons (Fsp3) is 0.565. The third kappa shape index (κ3) is 4.14. The Kier molecular flexibility index (Phi) is 6.48. The largest absolute Gasteiger partial charge is 0.493 e. The maximum Gasteiger partial charge on any atom is 0.237 e. The first-order valence-corrected chi connectivity index (χ1v) is 11.0. The minimum Gasteiger partial charge on any atom is -0.493 e. The molecular formula is C23H33N3O5+2. The number of likely N-dealkylation sites (tertiary alicyclic amines) is 1. The van der Waals surface area contributed by atoms with Crippen LogP contribution in [0.2, 0.25) is 0 Å². The van der Waals surface area contributed by atoms with Gasteiger partial charge in [0, 0.05) is 0 Å². The Morgan fingerprint density at radius 1 is 0.839 bits per heavy atom. The first-order chi connectivity index (χ1) is 15.1. The van der Waals surface area contributed by atoms with Gasteiger partial charge in [-0.25, -0.2) is 4.90 Å². The topological polar surface area (TPSA) is 74.0 Å². The number of benzene rings is 1. The standard InChI is InChI=1S/C23H31N3O5/c1-29-19-9-8-16(20(30-2)21(19)31-3)14-24-10-12-25(13-11-24)15-26-22(27)17-6-4-5-7-18(17)23(26)28/h4-5,8-9,17-18H,6-7,10-15H2,1-3H3/p+2/t17-,18+. The molecule has 168 valence electrons. The number of ether oxygens (including phenoxy) is 3. The highest BCUT2D eigenvalue weighted by molar-refractivity contribution is 6.05. The second kappa shape index (κ2) is 9.28. The van der Waals surface area contributed by atoms with Crippen LogP contribution in [0.3, 0.4) is 0 Å². The van der Waals surface area contributed by atoms with E-state index in [1.165, 1.54) is 14.7 Å². The van der Waals surface area contributed by atoms with Crippen molar-refractivity contribution in [3.63, 3.8) is 0 Å². The zero-order valence-corrected chi connectivity index (χ0v) is 18.6. The molecule has 4 rings (SSSR count). The number of carbonyl (C=O) groups is 2. The Bertz CT molecular complexity index is 837. The van der Waals surface area contributed by atoms with Crippen LogP contribution in [0.15, 0.2) is 24.3 Å². The first kappa shape index (κ1) is 21.6. The molecule has 2 N–H and O–H groups in total. The van der Waals surface area contributed by atoms with E-state index in [4.69, 9.17) is 14.2 Å². The summed E-state index contributed by atoms with van der Waals surface area (Å²) in [5.74, 6) is 1.76. The highest BCUT2D eigenvalue weighted by Crippen LogP contribution is 2.39. The molecule has 0 unspecified atom stereocenters. The lowest BCUT2D eigenvalue weighted by molar-refractivity contribution is -1.02. The van der Waals surface area contributed by atoms with E-state index in [1.54, 1.807) is 21.3 Å². The third-order valence-electron chi connectivity index (χ3n) is 6.87. The highest BCUT2D eigenvalue weighted by Gasteiger charge is 2.48. The number of piperazine rings is 1. The lowest BCUT2D eigenvalue weighted by atomic mass is 9.85. The minimum atomic E-state index is -0.138. The van der Waals surface area contributed by atoms with Gasteiger partial charge in [-0.05, 0) is 25.0 Å². The average molecular weight is 432 g/mol. The third-order valence-corrected chi connectivity index (χ3v) is 6.87. The van der Waals surface area contributed by atoms with Crippen LogP contribution in [0, 0.1) is 11.8 Å². The molecule has 2 aliphatic heterocycles. The van der Waals surface area contributed by atoms with Crippen molar-refractivity contribution in [2.45, 2.75) is 19.4 Å². The van der Waals surface area contributed by atoms with Crippen molar-refractivity contribution in [2.75, 3.05) is 54.2 Å². The van der Waals surface area contributed by atoms with Crippen molar-refractivity contribution in [3.8, 4) is 17.2 Å². The van der Waals surface area contributed by atoms with Crippen LogP contribution in [0.4, 0.5) is 0 Å². The fourth-order valence-corrected chi connectivity index (χ4v) is 5.11. The van der Waals surface area contributed by atoms with Crippen LogP contribution in [0.25, 0.3) is 0 Å². The lowest BCUT2D eigenvalue weighted by Gasteiger charge is -2.31. The maximum absolute atomic E-state index is 12.7. The van der Waals surface area contributed by atoms with Crippen LogP contribution in [-0.2, 0) is 16.1 Å². The molecule has 0 saturated carbocycles. The number of hydrogen-bond acceptors (Lipinski definition) is 5. The number of allylic oxidation sites excluding steroid dienone is 2. The summed E-state index contributed by atoms with van der Waals surface area (Å²) in [5, 5.41) is 0. The number of nitrogens with zero attached hydrogens (tertiary/aromatic N) is 1. The van der Waals surface area contributed by atoms with Gasteiger partial charge in [0.05, 0.1) is 38.7 Å².